The lowest BCUT2D eigenvalue weighted by Crippen LogP contribution is -2.68. The summed E-state index contributed by atoms with van der Waals surface area (Å²) in [4.78, 5) is 18.7. The lowest BCUT2D eigenvalue weighted by molar-refractivity contribution is -0.00879. The fourth-order valence-corrected chi connectivity index (χ4v) is 5.29. The molecule has 0 unspecified atom stereocenters. The number of nitrogens with one attached hydrogen (secondary N) is 1. The van der Waals surface area contributed by atoms with E-state index < -0.39 is 0 Å². The van der Waals surface area contributed by atoms with Crippen LogP contribution in [-0.4, -0.2) is 68.3 Å². The number of rotatable bonds is 7. The van der Waals surface area contributed by atoms with Gasteiger partial charge in [0, 0.05) is 56.1 Å². The number of piperidine rings is 1. The van der Waals surface area contributed by atoms with Gasteiger partial charge in [-0.3, -0.25) is 9.88 Å². The summed E-state index contributed by atoms with van der Waals surface area (Å²) in [6, 6.07) is 9.23. The first-order chi connectivity index (χ1) is 17.7. The van der Waals surface area contributed by atoms with E-state index in [1.807, 2.05) is 37.6 Å². The molecule has 3 saturated heterocycles. The van der Waals surface area contributed by atoms with E-state index in [9.17, 15) is 5.26 Å². The second-order valence-corrected chi connectivity index (χ2v) is 9.23. The highest BCUT2D eigenvalue weighted by molar-refractivity contribution is 5.84. The first-order valence-corrected chi connectivity index (χ1v) is 12.1. The van der Waals surface area contributed by atoms with Crippen LogP contribution in [0.4, 0.5) is 11.5 Å². The Kier molecular flexibility index (Phi) is 5.62. The highest BCUT2D eigenvalue weighted by Crippen LogP contribution is 2.36. The van der Waals surface area contributed by atoms with Crippen molar-refractivity contribution in [1.29, 1.82) is 5.26 Å². The van der Waals surface area contributed by atoms with Crippen LogP contribution < -0.4 is 15.0 Å². The second kappa shape index (κ2) is 9.09. The molecular weight excluding hydrogens is 454 g/mol. The molecule has 0 amide bonds. The molecule has 2 bridgehead atoms. The van der Waals surface area contributed by atoms with Gasteiger partial charge in [0.1, 0.15) is 11.9 Å². The van der Waals surface area contributed by atoms with Crippen LogP contribution >= 0.6 is 0 Å². The standard InChI is InChI=1S/C26H27N9O/c1-3-28-19-6-22(26-18(8-27)10-32-35(26)14-19)23-11-30-24(12-29-23)33-15-20-7-21(16-33)34(20)13-17-4-5-25(36-2)31-9-17/h4-6,9-12,14,20-21,28H,3,7,13,15-16H2,1-2H3/t20-,21+. The van der Waals surface area contributed by atoms with Gasteiger partial charge in [-0.15, -0.1) is 0 Å². The molecule has 0 aromatic carbocycles. The summed E-state index contributed by atoms with van der Waals surface area (Å²) in [6.07, 6.45) is 10.2. The van der Waals surface area contributed by atoms with Crippen molar-refractivity contribution in [2.24, 2.45) is 0 Å². The molecule has 0 saturated carbocycles. The number of ether oxygens (including phenoxy) is 1. The summed E-state index contributed by atoms with van der Waals surface area (Å²) in [5, 5.41) is 17.2. The predicted octanol–water partition coefficient (Wildman–Crippen LogP) is 2.96. The molecule has 0 spiro atoms. The minimum Gasteiger partial charge on any atom is -0.481 e. The van der Waals surface area contributed by atoms with Gasteiger partial charge < -0.3 is 15.0 Å². The normalized spacial score (nSPS) is 19.1. The number of hydrogen-bond acceptors (Lipinski definition) is 9. The Labute approximate surface area is 209 Å². The van der Waals surface area contributed by atoms with Crippen molar-refractivity contribution in [3.05, 3.63) is 60.3 Å². The molecule has 182 valence electrons. The SMILES string of the molecule is CCNc1cc(-c2cnc(N3C[C@H]4C[C@@H](C3)N4Cc3ccc(OC)nc3)cn2)c2c(C#N)cnn2c1. The summed E-state index contributed by atoms with van der Waals surface area (Å²) in [7, 11) is 1.63. The molecule has 1 N–H and O–H groups in total. The fraction of sp³-hybridized carbons (Fsp3) is 0.346. The zero-order valence-electron chi connectivity index (χ0n) is 20.3. The van der Waals surface area contributed by atoms with Gasteiger partial charge in [0.15, 0.2) is 0 Å². The van der Waals surface area contributed by atoms with Gasteiger partial charge in [-0.2, -0.15) is 10.4 Å². The van der Waals surface area contributed by atoms with Crippen molar-refractivity contribution in [3.8, 4) is 23.2 Å². The van der Waals surface area contributed by atoms with Crippen molar-refractivity contribution >= 4 is 17.0 Å². The Hall–Kier alpha value is -4.23. The molecule has 36 heavy (non-hydrogen) atoms. The minimum atomic E-state index is 0.494. The monoisotopic (exact) mass is 481 g/mol. The number of aromatic nitrogens is 5. The lowest BCUT2D eigenvalue weighted by Gasteiger charge is -2.56. The number of nitriles is 1. The van der Waals surface area contributed by atoms with E-state index in [1.54, 1.807) is 24.0 Å². The number of fused-ring (bicyclic) bond motifs is 3. The molecule has 0 radical (unpaired) electrons. The zero-order chi connectivity index (χ0) is 24.6. The van der Waals surface area contributed by atoms with Crippen molar-refractivity contribution in [3.63, 3.8) is 0 Å². The summed E-state index contributed by atoms with van der Waals surface area (Å²) in [6.45, 7) is 5.58. The van der Waals surface area contributed by atoms with Crippen LogP contribution in [0.15, 0.2) is 49.2 Å². The van der Waals surface area contributed by atoms with Gasteiger partial charge in [0.05, 0.1) is 54.4 Å². The van der Waals surface area contributed by atoms with Gasteiger partial charge in [0.2, 0.25) is 5.88 Å². The number of anilines is 2. The maximum atomic E-state index is 9.58. The Morgan fingerprint density at radius 3 is 2.64 bits per heavy atom. The van der Waals surface area contributed by atoms with Crippen molar-refractivity contribution in [2.75, 3.05) is 37.0 Å². The third kappa shape index (κ3) is 3.87. The topological polar surface area (TPSA) is 108 Å². The molecule has 10 heteroatoms. The van der Waals surface area contributed by atoms with Crippen molar-refractivity contribution in [2.45, 2.75) is 32.0 Å². The second-order valence-electron chi connectivity index (χ2n) is 9.23. The Bertz CT molecular complexity index is 1410. The maximum Gasteiger partial charge on any atom is 0.212 e. The fourth-order valence-electron chi connectivity index (χ4n) is 5.29. The van der Waals surface area contributed by atoms with Gasteiger partial charge in [-0.1, -0.05) is 6.07 Å². The molecular formula is C26H27N9O. The van der Waals surface area contributed by atoms with E-state index in [2.05, 4.69) is 37.3 Å². The largest absolute Gasteiger partial charge is 0.481 e. The molecule has 4 aromatic rings. The molecule has 3 aliphatic rings. The van der Waals surface area contributed by atoms with E-state index in [1.165, 1.54) is 12.0 Å². The number of nitrogens with zero attached hydrogens (tertiary/aromatic N) is 8. The van der Waals surface area contributed by atoms with E-state index in [4.69, 9.17) is 14.7 Å². The van der Waals surface area contributed by atoms with Crippen LogP contribution in [0, 0.1) is 11.3 Å². The van der Waals surface area contributed by atoms with Crippen LogP contribution in [0.2, 0.25) is 0 Å². The summed E-state index contributed by atoms with van der Waals surface area (Å²) in [5.41, 5.74) is 4.93. The third-order valence-corrected chi connectivity index (χ3v) is 7.07. The average Bonchev–Trinajstić information content (AvgIpc) is 3.35. The van der Waals surface area contributed by atoms with Gasteiger partial charge >= 0.3 is 0 Å². The highest BCUT2D eigenvalue weighted by Gasteiger charge is 2.44. The first-order valence-electron chi connectivity index (χ1n) is 12.1. The molecule has 3 aliphatic heterocycles. The van der Waals surface area contributed by atoms with E-state index >= 15 is 0 Å². The Balaban J connectivity index is 1.19. The summed E-state index contributed by atoms with van der Waals surface area (Å²) < 4.78 is 6.90. The van der Waals surface area contributed by atoms with Gasteiger partial charge in [-0.05, 0) is 25.0 Å². The first kappa shape index (κ1) is 22.2. The minimum absolute atomic E-state index is 0.494. The summed E-state index contributed by atoms with van der Waals surface area (Å²) in [5.74, 6) is 1.52. The van der Waals surface area contributed by atoms with Crippen molar-refractivity contribution < 1.29 is 4.74 Å². The van der Waals surface area contributed by atoms with Crippen LogP contribution in [-0.2, 0) is 6.54 Å². The molecule has 0 aliphatic carbocycles. The number of hydrogen-bond donors (Lipinski definition) is 1. The molecule has 10 nitrogen and oxygen atoms in total. The third-order valence-electron chi connectivity index (χ3n) is 7.07. The van der Waals surface area contributed by atoms with Gasteiger partial charge in [-0.25, -0.2) is 14.5 Å². The smallest absolute Gasteiger partial charge is 0.212 e. The van der Waals surface area contributed by atoms with Crippen LogP contribution in [0.25, 0.3) is 16.8 Å². The van der Waals surface area contributed by atoms with Crippen molar-refractivity contribution in [1.82, 2.24) is 29.5 Å². The van der Waals surface area contributed by atoms with E-state index in [0.29, 0.717) is 23.5 Å². The molecule has 2 atom stereocenters. The number of methoxy groups -OCH3 is 1. The quantitative estimate of drug-likeness (QED) is 0.426. The van der Waals surface area contributed by atoms with Crippen LogP contribution in [0.1, 0.15) is 24.5 Å². The lowest BCUT2D eigenvalue weighted by atomic mass is 9.87. The zero-order valence-corrected chi connectivity index (χ0v) is 20.3. The molecule has 7 rings (SSSR count). The van der Waals surface area contributed by atoms with Crippen LogP contribution in [0.5, 0.6) is 5.88 Å². The van der Waals surface area contributed by atoms with Gasteiger partial charge in [0.25, 0.3) is 0 Å². The summed E-state index contributed by atoms with van der Waals surface area (Å²) >= 11 is 0. The van der Waals surface area contributed by atoms with Crippen LogP contribution in [0.3, 0.4) is 0 Å². The van der Waals surface area contributed by atoms with E-state index in [0.717, 1.165) is 54.5 Å². The Morgan fingerprint density at radius 1 is 1.11 bits per heavy atom. The number of piperazine rings is 1. The number of pyridine rings is 2. The predicted molar refractivity (Wildman–Crippen MR) is 136 cm³/mol. The molecule has 7 heterocycles. The highest BCUT2D eigenvalue weighted by atomic mass is 16.5. The average molecular weight is 482 g/mol. The Morgan fingerprint density at radius 2 is 1.97 bits per heavy atom. The molecule has 3 fully saturated rings. The van der Waals surface area contributed by atoms with E-state index in [-0.39, 0.29) is 0 Å². The maximum absolute atomic E-state index is 9.58. The molecule has 4 aromatic heterocycles.